The first kappa shape index (κ1) is 19.2. The molecule has 3 heterocycles. The number of halogens is 1. The first-order valence-corrected chi connectivity index (χ1v) is 11.2. The lowest BCUT2D eigenvalue weighted by Gasteiger charge is -2.12. The van der Waals surface area contributed by atoms with Gasteiger partial charge in [0.15, 0.2) is 10.7 Å². The maximum absolute atomic E-state index is 13.4. The van der Waals surface area contributed by atoms with Crippen LogP contribution in [-0.2, 0) is 18.8 Å². The van der Waals surface area contributed by atoms with Crippen LogP contribution in [0.3, 0.4) is 0 Å². The molecule has 0 saturated heterocycles. The number of hydrogen-bond acceptors (Lipinski definition) is 5. The van der Waals surface area contributed by atoms with Gasteiger partial charge in [-0.05, 0) is 36.9 Å². The molecule has 0 amide bonds. The van der Waals surface area contributed by atoms with Crippen molar-refractivity contribution >= 4 is 45.7 Å². The van der Waals surface area contributed by atoms with Gasteiger partial charge in [0.25, 0.3) is 5.56 Å². The molecule has 8 heteroatoms. The molecule has 0 saturated carbocycles. The molecule has 4 aromatic rings. The number of fused-ring (bicyclic) bond motifs is 1. The van der Waals surface area contributed by atoms with Gasteiger partial charge in [0.2, 0.25) is 0 Å². The highest BCUT2D eigenvalue weighted by molar-refractivity contribution is 7.98. The summed E-state index contributed by atoms with van der Waals surface area (Å²) in [6, 6.07) is 11.8. The standard InChI is InChI=1S/C20H19ClN4OS2/c1-3-25-18-17(13(2)23-25)22-20(28-12-14-7-4-5-9-16(14)21)24(19(18)26)11-15-8-6-10-27-15/h4-10H,3,11-12H2,1-2H3. The molecule has 0 atom stereocenters. The molecule has 0 bridgehead atoms. The smallest absolute Gasteiger partial charge is 0.280 e. The number of rotatable bonds is 6. The van der Waals surface area contributed by atoms with Crippen LogP contribution in [0.4, 0.5) is 0 Å². The molecule has 0 aliphatic carbocycles. The van der Waals surface area contributed by atoms with E-state index >= 15 is 0 Å². The van der Waals surface area contributed by atoms with E-state index in [2.05, 4.69) is 5.10 Å². The number of aryl methyl sites for hydroxylation is 2. The number of benzene rings is 1. The van der Waals surface area contributed by atoms with Gasteiger partial charge in [-0.15, -0.1) is 11.3 Å². The second kappa shape index (κ2) is 8.11. The van der Waals surface area contributed by atoms with Gasteiger partial charge < -0.3 is 0 Å². The van der Waals surface area contributed by atoms with Crippen LogP contribution in [-0.4, -0.2) is 19.3 Å². The summed E-state index contributed by atoms with van der Waals surface area (Å²) in [5.74, 6) is 0.642. The van der Waals surface area contributed by atoms with E-state index in [0.717, 1.165) is 21.2 Å². The zero-order chi connectivity index (χ0) is 19.7. The van der Waals surface area contributed by atoms with Crippen LogP contribution >= 0.6 is 34.7 Å². The Morgan fingerprint density at radius 2 is 2.04 bits per heavy atom. The van der Waals surface area contributed by atoms with E-state index in [1.165, 1.54) is 11.8 Å². The zero-order valence-electron chi connectivity index (χ0n) is 15.6. The number of aromatic nitrogens is 4. The highest BCUT2D eigenvalue weighted by Crippen LogP contribution is 2.27. The molecule has 0 aliphatic heterocycles. The summed E-state index contributed by atoms with van der Waals surface area (Å²) in [5.41, 5.74) is 2.99. The lowest BCUT2D eigenvalue weighted by Crippen LogP contribution is -2.25. The molecular weight excluding hydrogens is 412 g/mol. The van der Waals surface area contributed by atoms with Crippen molar-refractivity contribution in [3.8, 4) is 0 Å². The molecule has 0 unspecified atom stereocenters. The van der Waals surface area contributed by atoms with Crippen LogP contribution in [0.25, 0.3) is 11.0 Å². The predicted molar refractivity (Wildman–Crippen MR) is 117 cm³/mol. The Balaban J connectivity index is 1.82. The number of hydrogen-bond donors (Lipinski definition) is 0. The van der Waals surface area contributed by atoms with Crippen LogP contribution in [0.15, 0.2) is 51.7 Å². The Labute approximate surface area is 176 Å². The van der Waals surface area contributed by atoms with E-state index < -0.39 is 0 Å². The summed E-state index contributed by atoms with van der Waals surface area (Å²) in [4.78, 5) is 19.3. The average molecular weight is 431 g/mol. The van der Waals surface area contributed by atoms with Crippen molar-refractivity contribution in [2.75, 3.05) is 0 Å². The molecular formula is C20H19ClN4OS2. The van der Waals surface area contributed by atoms with Crippen molar-refractivity contribution in [3.05, 3.63) is 73.3 Å². The summed E-state index contributed by atoms with van der Waals surface area (Å²) in [7, 11) is 0. The Morgan fingerprint density at radius 3 is 2.75 bits per heavy atom. The van der Waals surface area contributed by atoms with Gasteiger partial charge in [-0.3, -0.25) is 14.0 Å². The molecule has 0 fully saturated rings. The lowest BCUT2D eigenvalue weighted by atomic mass is 10.2. The summed E-state index contributed by atoms with van der Waals surface area (Å²) in [6.45, 7) is 5.01. The number of thiophene rings is 1. The fraction of sp³-hybridized carbons (Fsp3) is 0.250. The lowest BCUT2D eigenvalue weighted by molar-refractivity contribution is 0.640. The highest BCUT2D eigenvalue weighted by atomic mass is 35.5. The van der Waals surface area contributed by atoms with Crippen molar-refractivity contribution in [1.82, 2.24) is 19.3 Å². The summed E-state index contributed by atoms with van der Waals surface area (Å²) in [5, 5.41) is 7.92. The third-order valence-electron chi connectivity index (χ3n) is 4.49. The van der Waals surface area contributed by atoms with Crippen LogP contribution in [0.5, 0.6) is 0 Å². The van der Waals surface area contributed by atoms with E-state index in [0.29, 0.717) is 35.0 Å². The fourth-order valence-electron chi connectivity index (χ4n) is 3.08. The van der Waals surface area contributed by atoms with Gasteiger partial charge in [-0.1, -0.05) is 47.6 Å². The molecule has 4 rings (SSSR count). The Bertz CT molecular complexity index is 1180. The second-order valence-corrected chi connectivity index (χ2v) is 8.73. The maximum atomic E-state index is 13.4. The van der Waals surface area contributed by atoms with E-state index in [1.54, 1.807) is 20.6 Å². The molecule has 0 aliphatic rings. The van der Waals surface area contributed by atoms with Crippen LogP contribution in [0.1, 0.15) is 23.1 Å². The summed E-state index contributed by atoms with van der Waals surface area (Å²) >= 11 is 9.46. The first-order valence-electron chi connectivity index (χ1n) is 8.95. The average Bonchev–Trinajstić information content (AvgIpc) is 3.31. The highest BCUT2D eigenvalue weighted by Gasteiger charge is 2.19. The summed E-state index contributed by atoms with van der Waals surface area (Å²) < 4.78 is 3.50. The minimum Gasteiger partial charge on any atom is -0.280 e. The second-order valence-electron chi connectivity index (χ2n) is 6.34. The minimum atomic E-state index is -0.0532. The molecule has 144 valence electrons. The summed E-state index contributed by atoms with van der Waals surface area (Å²) in [6.07, 6.45) is 0. The normalized spacial score (nSPS) is 11.4. The van der Waals surface area contributed by atoms with Gasteiger partial charge >= 0.3 is 0 Å². The van der Waals surface area contributed by atoms with Gasteiger partial charge in [0, 0.05) is 22.2 Å². The maximum Gasteiger partial charge on any atom is 0.280 e. The minimum absolute atomic E-state index is 0.0532. The third kappa shape index (κ3) is 3.62. The SMILES string of the molecule is CCn1nc(C)c2nc(SCc3ccccc3Cl)n(Cc3cccs3)c(=O)c21. The number of thioether (sulfide) groups is 1. The third-order valence-corrected chi connectivity index (χ3v) is 6.75. The van der Waals surface area contributed by atoms with Crippen LogP contribution in [0, 0.1) is 6.92 Å². The number of nitrogens with zero attached hydrogens (tertiary/aromatic N) is 4. The molecule has 28 heavy (non-hydrogen) atoms. The molecule has 0 spiro atoms. The Morgan fingerprint density at radius 1 is 1.21 bits per heavy atom. The first-order chi connectivity index (χ1) is 13.6. The van der Waals surface area contributed by atoms with Crippen molar-refractivity contribution in [1.29, 1.82) is 0 Å². The van der Waals surface area contributed by atoms with Gasteiger partial charge in [-0.2, -0.15) is 5.10 Å². The Kier molecular flexibility index (Phi) is 5.57. The van der Waals surface area contributed by atoms with Crippen molar-refractivity contribution in [2.45, 2.75) is 37.8 Å². The molecule has 3 aromatic heterocycles. The molecule has 5 nitrogen and oxygen atoms in total. The molecule has 0 N–H and O–H groups in total. The Hall–Kier alpha value is -2.09. The van der Waals surface area contributed by atoms with E-state index in [-0.39, 0.29) is 5.56 Å². The topological polar surface area (TPSA) is 52.7 Å². The van der Waals surface area contributed by atoms with E-state index in [9.17, 15) is 4.79 Å². The van der Waals surface area contributed by atoms with E-state index in [1.807, 2.05) is 55.6 Å². The fourth-order valence-corrected chi connectivity index (χ4v) is 5.05. The zero-order valence-corrected chi connectivity index (χ0v) is 17.9. The molecule has 0 radical (unpaired) electrons. The van der Waals surface area contributed by atoms with Gasteiger partial charge in [0.05, 0.1) is 12.2 Å². The largest absolute Gasteiger partial charge is 0.280 e. The monoisotopic (exact) mass is 430 g/mol. The predicted octanol–water partition coefficient (Wildman–Crippen LogP) is 4.98. The van der Waals surface area contributed by atoms with Crippen molar-refractivity contribution in [3.63, 3.8) is 0 Å². The van der Waals surface area contributed by atoms with Crippen LogP contribution in [0.2, 0.25) is 5.02 Å². The van der Waals surface area contributed by atoms with Gasteiger partial charge in [0.1, 0.15) is 5.52 Å². The van der Waals surface area contributed by atoms with E-state index in [4.69, 9.17) is 16.6 Å². The van der Waals surface area contributed by atoms with Crippen molar-refractivity contribution < 1.29 is 0 Å². The van der Waals surface area contributed by atoms with Gasteiger partial charge in [-0.25, -0.2) is 4.98 Å². The van der Waals surface area contributed by atoms with Crippen molar-refractivity contribution in [2.24, 2.45) is 0 Å². The quantitative estimate of drug-likeness (QED) is 0.320. The molecule has 1 aromatic carbocycles. The van der Waals surface area contributed by atoms with Crippen LogP contribution < -0.4 is 5.56 Å².